The third-order valence-corrected chi connectivity index (χ3v) is 6.02. The molecule has 0 aromatic heterocycles. The highest BCUT2D eigenvalue weighted by molar-refractivity contribution is 5.90. The van der Waals surface area contributed by atoms with Crippen molar-refractivity contribution in [3.8, 4) is 0 Å². The molecular formula is C26H46O3. The maximum Gasteiger partial charge on any atom is 0.320 e. The van der Waals surface area contributed by atoms with E-state index >= 15 is 0 Å². The number of esters is 2. The zero-order valence-electron chi connectivity index (χ0n) is 19.1. The van der Waals surface area contributed by atoms with Crippen LogP contribution >= 0.6 is 0 Å². The Balaban J connectivity index is 1.75. The maximum absolute atomic E-state index is 11.5. The second kappa shape index (κ2) is 18.9. The summed E-state index contributed by atoms with van der Waals surface area (Å²) in [5, 5.41) is 0. The zero-order valence-corrected chi connectivity index (χ0v) is 19.1. The Morgan fingerprint density at radius 1 is 0.724 bits per heavy atom. The summed E-state index contributed by atoms with van der Waals surface area (Å²) in [5.41, 5.74) is 0. The molecule has 29 heavy (non-hydrogen) atoms. The molecule has 0 saturated carbocycles. The molecule has 1 fully saturated rings. The molecular weight excluding hydrogens is 360 g/mol. The van der Waals surface area contributed by atoms with Gasteiger partial charge in [0.1, 0.15) is 0 Å². The molecule has 3 nitrogen and oxygen atoms in total. The predicted molar refractivity (Wildman–Crippen MR) is 122 cm³/mol. The van der Waals surface area contributed by atoms with Gasteiger partial charge in [0.05, 0.1) is 5.92 Å². The van der Waals surface area contributed by atoms with E-state index in [0.717, 1.165) is 6.42 Å². The number of cyclic esters (lactones) is 2. The lowest BCUT2D eigenvalue weighted by Crippen LogP contribution is -2.26. The smallest absolute Gasteiger partial charge is 0.320 e. The summed E-state index contributed by atoms with van der Waals surface area (Å²) in [5.74, 6) is -0.966. The second-order valence-corrected chi connectivity index (χ2v) is 8.81. The van der Waals surface area contributed by atoms with Gasteiger partial charge in [0, 0.05) is 6.42 Å². The van der Waals surface area contributed by atoms with Crippen LogP contribution < -0.4 is 0 Å². The monoisotopic (exact) mass is 406 g/mol. The summed E-state index contributed by atoms with van der Waals surface area (Å²) in [6.07, 6.45) is 29.7. The van der Waals surface area contributed by atoms with Gasteiger partial charge < -0.3 is 4.74 Å². The summed E-state index contributed by atoms with van der Waals surface area (Å²) in [7, 11) is 0. The van der Waals surface area contributed by atoms with Gasteiger partial charge in [-0.05, 0) is 19.3 Å². The van der Waals surface area contributed by atoms with E-state index < -0.39 is 0 Å². The SMILES string of the molecule is CCCCCCCCCCCCCCCCCCCC=CC1CCC(=O)OC1=O. The average Bonchev–Trinajstić information content (AvgIpc) is 2.71. The van der Waals surface area contributed by atoms with Crippen LogP contribution in [0.4, 0.5) is 0 Å². The minimum absolute atomic E-state index is 0.210. The number of rotatable bonds is 19. The van der Waals surface area contributed by atoms with Gasteiger partial charge in [-0.25, -0.2) is 0 Å². The lowest BCUT2D eigenvalue weighted by atomic mass is 9.99. The molecule has 1 rings (SSSR count). The molecule has 0 amide bonds. The Morgan fingerprint density at radius 3 is 1.62 bits per heavy atom. The minimum Gasteiger partial charge on any atom is -0.393 e. The van der Waals surface area contributed by atoms with E-state index in [1.54, 1.807) is 0 Å². The Hall–Kier alpha value is -1.12. The molecule has 0 radical (unpaired) electrons. The van der Waals surface area contributed by atoms with Crippen LogP contribution in [-0.4, -0.2) is 11.9 Å². The van der Waals surface area contributed by atoms with Crippen LogP contribution in [0.25, 0.3) is 0 Å². The number of hydrogen-bond donors (Lipinski definition) is 0. The topological polar surface area (TPSA) is 43.4 Å². The molecule has 0 bridgehead atoms. The molecule has 1 aliphatic heterocycles. The van der Waals surface area contributed by atoms with Crippen molar-refractivity contribution in [2.24, 2.45) is 5.92 Å². The highest BCUT2D eigenvalue weighted by Gasteiger charge is 2.26. The van der Waals surface area contributed by atoms with Crippen molar-refractivity contribution in [3.63, 3.8) is 0 Å². The first-order valence-corrected chi connectivity index (χ1v) is 12.6. The summed E-state index contributed by atoms with van der Waals surface area (Å²) in [6.45, 7) is 2.28. The van der Waals surface area contributed by atoms with Crippen LogP contribution in [0, 0.1) is 5.92 Å². The lowest BCUT2D eigenvalue weighted by molar-refractivity contribution is -0.165. The van der Waals surface area contributed by atoms with Crippen molar-refractivity contribution < 1.29 is 14.3 Å². The molecule has 0 spiro atoms. The average molecular weight is 407 g/mol. The van der Waals surface area contributed by atoms with Crippen molar-refractivity contribution in [2.45, 2.75) is 135 Å². The summed E-state index contributed by atoms with van der Waals surface area (Å²) < 4.78 is 4.66. The number of unbranched alkanes of at least 4 members (excludes halogenated alkanes) is 17. The fourth-order valence-electron chi connectivity index (χ4n) is 4.05. The number of carbonyl (C=O) groups is 2. The van der Waals surface area contributed by atoms with E-state index in [9.17, 15) is 9.59 Å². The Morgan fingerprint density at radius 2 is 1.17 bits per heavy atom. The van der Waals surface area contributed by atoms with Crippen LogP contribution in [-0.2, 0) is 14.3 Å². The fraction of sp³-hybridized carbons (Fsp3) is 0.846. The Labute approximate surface area is 180 Å². The van der Waals surface area contributed by atoms with Gasteiger partial charge in [0.2, 0.25) is 0 Å². The van der Waals surface area contributed by atoms with Crippen LogP contribution in [0.3, 0.4) is 0 Å². The fourth-order valence-corrected chi connectivity index (χ4v) is 4.05. The van der Waals surface area contributed by atoms with Crippen molar-refractivity contribution in [1.29, 1.82) is 0 Å². The highest BCUT2D eigenvalue weighted by atomic mass is 16.6. The van der Waals surface area contributed by atoms with Gasteiger partial charge in [-0.3, -0.25) is 9.59 Å². The van der Waals surface area contributed by atoms with Crippen molar-refractivity contribution in [3.05, 3.63) is 12.2 Å². The minimum atomic E-state index is -0.382. The van der Waals surface area contributed by atoms with Gasteiger partial charge in [0.25, 0.3) is 0 Å². The van der Waals surface area contributed by atoms with Crippen molar-refractivity contribution in [1.82, 2.24) is 0 Å². The van der Waals surface area contributed by atoms with E-state index in [1.165, 1.54) is 109 Å². The van der Waals surface area contributed by atoms with Crippen LogP contribution in [0.2, 0.25) is 0 Å². The zero-order chi connectivity index (χ0) is 21.0. The van der Waals surface area contributed by atoms with E-state index in [2.05, 4.69) is 17.7 Å². The first-order valence-electron chi connectivity index (χ1n) is 12.6. The van der Waals surface area contributed by atoms with Crippen molar-refractivity contribution in [2.75, 3.05) is 0 Å². The van der Waals surface area contributed by atoms with E-state index in [-0.39, 0.29) is 17.9 Å². The first-order chi connectivity index (χ1) is 14.2. The number of hydrogen-bond acceptors (Lipinski definition) is 3. The van der Waals surface area contributed by atoms with Gasteiger partial charge in [-0.2, -0.15) is 0 Å². The van der Waals surface area contributed by atoms with E-state index in [1.807, 2.05) is 6.08 Å². The third-order valence-electron chi connectivity index (χ3n) is 6.02. The molecule has 0 aliphatic carbocycles. The lowest BCUT2D eigenvalue weighted by Gasteiger charge is -2.15. The Kier molecular flexibility index (Phi) is 16.9. The molecule has 1 unspecified atom stereocenters. The van der Waals surface area contributed by atoms with Crippen LogP contribution in [0.1, 0.15) is 135 Å². The maximum atomic E-state index is 11.5. The predicted octanol–water partition coefficient (Wildman–Crippen LogP) is 8.06. The molecule has 0 aromatic rings. The number of ether oxygens (including phenoxy) is 1. The molecule has 1 aliphatic rings. The summed E-state index contributed by atoms with van der Waals surface area (Å²) in [6, 6.07) is 0. The Bertz CT molecular complexity index is 441. The van der Waals surface area contributed by atoms with Gasteiger partial charge in [-0.15, -0.1) is 0 Å². The molecule has 1 atom stereocenters. The second-order valence-electron chi connectivity index (χ2n) is 8.81. The largest absolute Gasteiger partial charge is 0.393 e. The number of allylic oxidation sites excluding steroid dienone is 1. The summed E-state index contributed by atoms with van der Waals surface area (Å²) >= 11 is 0. The molecule has 1 saturated heterocycles. The van der Waals surface area contributed by atoms with Gasteiger partial charge in [-0.1, -0.05) is 122 Å². The van der Waals surface area contributed by atoms with Crippen molar-refractivity contribution >= 4 is 11.9 Å². The molecule has 0 N–H and O–H groups in total. The number of carbonyl (C=O) groups excluding carboxylic acids is 2. The normalized spacial score (nSPS) is 17.2. The highest BCUT2D eigenvalue weighted by Crippen LogP contribution is 2.18. The van der Waals surface area contributed by atoms with Crippen LogP contribution in [0.5, 0.6) is 0 Å². The van der Waals surface area contributed by atoms with Gasteiger partial charge in [0.15, 0.2) is 0 Å². The quantitative estimate of drug-likeness (QED) is 0.0942. The molecule has 0 aromatic carbocycles. The van der Waals surface area contributed by atoms with Crippen LogP contribution in [0.15, 0.2) is 12.2 Å². The van der Waals surface area contributed by atoms with Gasteiger partial charge >= 0.3 is 11.9 Å². The summed E-state index contributed by atoms with van der Waals surface area (Å²) in [4.78, 5) is 22.5. The molecule has 168 valence electrons. The van der Waals surface area contributed by atoms with E-state index in [4.69, 9.17) is 0 Å². The third kappa shape index (κ3) is 15.4. The standard InChI is InChI=1S/C26H46O3/c1-2-3-4-5-6-7-8-9-10-11-12-13-14-15-16-17-18-19-20-21-24-22-23-25(27)29-26(24)28/h20-21,24H,2-19,22-23H2,1H3. The first kappa shape index (κ1) is 25.9. The van der Waals surface area contributed by atoms with E-state index in [0.29, 0.717) is 12.8 Å². The molecule has 1 heterocycles. The molecule has 3 heteroatoms.